The highest BCUT2D eigenvalue weighted by molar-refractivity contribution is 6.35. The van der Waals surface area contributed by atoms with Crippen LogP contribution in [-0.2, 0) is 5.54 Å². The van der Waals surface area contributed by atoms with Crippen LogP contribution in [-0.4, -0.2) is 5.91 Å². The van der Waals surface area contributed by atoms with Gasteiger partial charge in [-0.1, -0.05) is 29.3 Å². The van der Waals surface area contributed by atoms with Crippen molar-refractivity contribution in [3.8, 4) is 0 Å². The molecule has 110 valence electrons. The fourth-order valence-corrected chi connectivity index (χ4v) is 2.67. The third-order valence-electron chi connectivity index (χ3n) is 3.14. The zero-order valence-corrected chi connectivity index (χ0v) is 13.1. The highest BCUT2D eigenvalue weighted by Crippen LogP contribution is 2.30. The Kier molecular flexibility index (Phi) is 4.55. The van der Waals surface area contributed by atoms with E-state index in [1.54, 1.807) is 18.2 Å². The topological polar surface area (TPSA) is 29.1 Å². The summed E-state index contributed by atoms with van der Waals surface area (Å²) in [6, 6.07) is 10.5. The third kappa shape index (κ3) is 3.74. The maximum Gasteiger partial charge on any atom is 0.251 e. The third-order valence-corrected chi connectivity index (χ3v) is 3.68. The van der Waals surface area contributed by atoms with E-state index in [-0.39, 0.29) is 11.7 Å². The number of halogens is 3. The van der Waals surface area contributed by atoms with E-state index in [9.17, 15) is 9.18 Å². The van der Waals surface area contributed by atoms with E-state index in [1.807, 2.05) is 13.8 Å². The van der Waals surface area contributed by atoms with Gasteiger partial charge in [-0.3, -0.25) is 4.79 Å². The number of benzene rings is 2. The molecule has 0 fully saturated rings. The van der Waals surface area contributed by atoms with E-state index in [0.29, 0.717) is 15.6 Å². The van der Waals surface area contributed by atoms with Gasteiger partial charge < -0.3 is 5.32 Å². The van der Waals surface area contributed by atoms with E-state index >= 15 is 0 Å². The summed E-state index contributed by atoms with van der Waals surface area (Å²) in [7, 11) is 0. The standard InChI is InChI=1S/C16H14Cl2FNO/c1-16(2,13-8-5-11(17)9-14(13)18)20-15(21)10-3-6-12(19)7-4-10/h3-9H,1-2H3,(H,20,21). The predicted octanol–water partition coefficient (Wildman–Crippen LogP) is 4.80. The van der Waals surface area contributed by atoms with Crippen LogP contribution in [0.1, 0.15) is 29.8 Å². The molecule has 0 saturated heterocycles. The van der Waals surface area contributed by atoms with Gasteiger partial charge in [0.15, 0.2) is 0 Å². The van der Waals surface area contributed by atoms with Crippen LogP contribution in [0.25, 0.3) is 0 Å². The molecule has 0 heterocycles. The highest BCUT2D eigenvalue weighted by atomic mass is 35.5. The predicted molar refractivity (Wildman–Crippen MR) is 83.4 cm³/mol. The lowest BCUT2D eigenvalue weighted by Gasteiger charge is -2.28. The summed E-state index contributed by atoms with van der Waals surface area (Å²) >= 11 is 12.1. The summed E-state index contributed by atoms with van der Waals surface area (Å²) in [6.07, 6.45) is 0. The summed E-state index contributed by atoms with van der Waals surface area (Å²) < 4.78 is 12.9. The summed E-state index contributed by atoms with van der Waals surface area (Å²) in [5, 5.41) is 3.89. The lowest BCUT2D eigenvalue weighted by atomic mass is 9.93. The summed E-state index contributed by atoms with van der Waals surface area (Å²) in [5.74, 6) is -0.683. The van der Waals surface area contributed by atoms with Crippen LogP contribution in [0.2, 0.25) is 10.0 Å². The minimum absolute atomic E-state index is 0.300. The molecule has 0 radical (unpaired) electrons. The van der Waals surface area contributed by atoms with E-state index in [0.717, 1.165) is 5.56 Å². The molecule has 1 amide bonds. The van der Waals surface area contributed by atoms with Gasteiger partial charge >= 0.3 is 0 Å². The van der Waals surface area contributed by atoms with Crippen LogP contribution in [0.15, 0.2) is 42.5 Å². The van der Waals surface area contributed by atoms with Crippen molar-refractivity contribution in [2.24, 2.45) is 0 Å². The molecule has 0 aliphatic heterocycles. The molecule has 0 saturated carbocycles. The smallest absolute Gasteiger partial charge is 0.251 e. The number of amides is 1. The Labute approximate surface area is 132 Å². The normalized spacial score (nSPS) is 11.3. The molecule has 2 nitrogen and oxygen atoms in total. The SMILES string of the molecule is CC(C)(NC(=O)c1ccc(F)cc1)c1ccc(Cl)cc1Cl. The van der Waals surface area contributed by atoms with Crippen LogP contribution < -0.4 is 5.32 Å². The minimum Gasteiger partial charge on any atom is -0.343 e. The van der Waals surface area contributed by atoms with E-state index in [4.69, 9.17) is 23.2 Å². The number of carbonyl (C=O) groups is 1. The first kappa shape index (κ1) is 15.8. The average molecular weight is 326 g/mol. The molecular weight excluding hydrogens is 312 g/mol. The van der Waals surface area contributed by atoms with E-state index in [1.165, 1.54) is 24.3 Å². The first-order valence-corrected chi connectivity index (χ1v) is 7.09. The molecule has 0 spiro atoms. The van der Waals surface area contributed by atoms with Gasteiger partial charge in [0, 0.05) is 15.6 Å². The monoisotopic (exact) mass is 325 g/mol. The van der Waals surface area contributed by atoms with Gasteiger partial charge in [0.05, 0.1) is 5.54 Å². The van der Waals surface area contributed by atoms with Crippen LogP contribution in [0.5, 0.6) is 0 Å². The first-order chi connectivity index (χ1) is 9.79. The minimum atomic E-state index is -0.687. The Balaban J connectivity index is 2.24. The van der Waals surface area contributed by atoms with Crippen molar-refractivity contribution in [2.45, 2.75) is 19.4 Å². The first-order valence-electron chi connectivity index (χ1n) is 6.33. The molecule has 21 heavy (non-hydrogen) atoms. The van der Waals surface area contributed by atoms with Crippen LogP contribution in [0, 0.1) is 5.82 Å². The molecule has 2 aromatic rings. The Morgan fingerprint density at radius 2 is 1.71 bits per heavy atom. The van der Waals surface area contributed by atoms with Gasteiger partial charge in [0.1, 0.15) is 5.82 Å². The fraction of sp³-hybridized carbons (Fsp3) is 0.188. The number of hydrogen-bond acceptors (Lipinski definition) is 1. The molecule has 0 aromatic heterocycles. The Morgan fingerprint density at radius 3 is 2.29 bits per heavy atom. The summed E-state index contributed by atoms with van der Waals surface area (Å²) in [6.45, 7) is 3.67. The molecule has 0 bridgehead atoms. The maximum absolute atomic E-state index is 12.9. The van der Waals surface area contributed by atoms with Gasteiger partial charge in [0.2, 0.25) is 0 Å². The van der Waals surface area contributed by atoms with Crippen molar-refractivity contribution in [3.05, 3.63) is 69.5 Å². The number of rotatable bonds is 3. The van der Waals surface area contributed by atoms with Gasteiger partial charge in [-0.05, 0) is 55.8 Å². The molecule has 2 aromatic carbocycles. The fourth-order valence-electron chi connectivity index (χ4n) is 2.02. The molecule has 0 aliphatic carbocycles. The second-order valence-electron chi connectivity index (χ2n) is 5.21. The van der Waals surface area contributed by atoms with E-state index < -0.39 is 5.54 Å². The zero-order chi connectivity index (χ0) is 15.6. The van der Waals surface area contributed by atoms with Crippen molar-refractivity contribution in [2.75, 3.05) is 0 Å². The van der Waals surface area contributed by atoms with Crippen molar-refractivity contribution < 1.29 is 9.18 Å². The van der Waals surface area contributed by atoms with Gasteiger partial charge in [-0.15, -0.1) is 0 Å². The number of nitrogens with one attached hydrogen (secondary N) is 1. The summed E-state index contributed by atoms with van der Waals surface area (Å²) in [5.41, 5.74) is 0.450. The van der Waals surface area contributed by atoms with Gasteiger partial charge in [-0.2, -0.15) is 0 Å². The lowest BCUT2D eigenvalue weighted by Crippen LogP contribution is -2.41. The highest BCUT2D eigenvalue weighted by Gasteiger charge is 2.25. The van der Waals surface area contributed by atoms with Gasteiger partial charge in [-0.25, -0.2) is 4.39 Å². The second kappa shape index (κ2) is 6.04. The Morgan fingerprint density at radius 1 is 1.10 bits per heavy atom. The van der Waals surface area contributed by atoms with Gasteiger partial charge in [0.25, 0.3) is 5.91 Å². The molecule has 0 aliphatic rings. The molecule has 0 unspecified atom stereocenters. The molecule has 2 rings (SSSR count). The lowest BCUT2D eigenvalue weighted by molar-refractivity contribution is 0.0912. The average Bonchev–Trinajstić information content (AvgIpc) is 2.38. The van der Waals surface area contributed by atoms with Crippen LogP contribution in [0.3, 0.4) is 0 Å². The maximum atomic E-state index is 12.9. The summed E-state index contributed by atoms with van der Waals surface area (Å²) in [4.78, 5) is 12.2. The molecule has 0 atom stereocenters. The largest absolute Gasteiger partial charge is 0.343 e. The number of hydrogen-bond donors (Lipinski definition) is 1. The Hall–Kier alpha value is -1.58. The Bertz CT molecular complexity index is 668. The zero-order valence-electron chi connectivity index (χ0n) is 11.6. The molecule has 5 heteroatoms. The second-order valence-corrected chi connectivity index (χ2v) is 6.05. The van der Waals surface area contributed by atoms with Crippen molar-refractivity contribution in [3.63, 3.8) is 0 Å². The van der Waals surface area contributed by atoms with Crippen molar-refractivity contribution >= 4 is 29.1 Å². The van der Waals surface area contributed by atoms with Crippen LogP contribution in [0.4, 0.5) is 4.39 Å². The van der Waals surface area contributed by atoms with Crippen molar-refractivity contribution in [1.82, 2.24) is 5.32 Å². The molecular formula is C16H14Cl2FNO. The quantitative estimate of drug-likeness (QED) is 0.863. The van der Waals surface area contributed by atoms with E-state index in [2.05, 4.69) is 5.32 Å². The number of carbonyl (C=O) groups excluding carboxylic acids is 1. The molecule has 1 N–H and O–H groups in total. The van der Waals surface area contributed by atoms with Crippen LogP contribution >= 0.6 is 23.2 Å². The van der Waals surface area contributed by atoms with Crippen molar-refractivity contribution in [1.29, 1.82) is 0 Å².